The van der Waals surface area contributed by atoms with E-state index in [1.54, 1.807) is 0 Å². The molecule has 3 rings (SSSR count). The van der Waals surface area contributed by atoms with Crippen LogP contribution in [0.5, 0.6) is 0 Å². The molecule has 5 nitrogen and oxygen atoms in total. The lowest BCUT2D eigenvalue weighted by Crippen LogP contribution is -2.20. The fourth-order valence-electron chi connectivity index (χ4n) is 2.61. The molecule has 0 radical (unpaired) electrons. The molecule has 1 heterocycles. The van der Waals surface area contributed by atoms with Crippen molar-refractivity contribution in [1.82, 2.24) is 4.57 Å². The van der Waals surface area contributed by atoms with Crippen molar-refractivity contribution in [3.63, 3.8) is 0 Å². The fourth-order valence-corrected chi connectivity index (χ4v) is 3.55. The summed E-state index contributed by atoms with van der Waals surface area (Å²) >= 11 is 7.53. The Balaban J connectivity index is 1.61. The van der Waals surface area contributed by atoms with E-state index in [1.807, 2.05) is 71.6 Å². The Morgan fingerprint density at radius 2 is 1.82 bits per heavy atom. The van der Waals surface area contributed by atoms with Gasteiger partial charge in [0.05, 0.1) is 13.0 Å². The molecule has 0 bridgehead atoms. The van der Waals surface area contributed by atoms with Crippen molar-refractivity contribution < 1.29 is 14.3 Å². The van der Waals surface area contributed by atoms with E-state index in [0.717, 1.165) is 16.7 Å². The van der Waals surface area contributed by atoms with Crippen molar-refractivity contribution in [2.75, 3.05) is 6.61 Å². The molecular formula is C21H19ClN2O3S. The predicted octanol–water partition coefficient (Wildman–Crippen LogP) is 3.77. The number of aryl methyl sites for hydroxylation is 1. The lowest BCUT2D eigenvalue weighted by Gasteiger charge is -2.06. The number of nitrogens with zero attached hydrogens (tertiary/aromatic N) is 2. The van der Waals surface area contributed by atoms with Crippen molar-refractivity contribution in [1.29, 1.82) is 0 Å². The number of benzene rings is 2. The highest BCUT2D eigenvalue weighted by Gasteiger charge is 2.10. The maximum atomic E-state index is 12.1. The van der Waals surface area contributed by atoms with E-state index in [1.165, 1.54) is 11.3 Å². The van der Waals surface area contributed by atoms with E-state index in [2.05, 4.69) is 4.99 Å². The van der Waals surface area contributed by atoms with Gasteiger partial charge < -0.3 is 9.30 Å². The second-order valence-corrected chi connectivity index (χ2v) is 7.45. The van der Waals surface area contributed by atoms with Gasteiger partial charge in [0.25, 0.3) is 5.91 Å². The van der Waals surface area contributed by atoms with Crippen molar-refractivity contribution in [2.45, 2.75) is 19.9 Å². The summed E-state index contributed by atoms with van der Waals surface area (Å²) in [6.07, 6.45) is 1.97. The van der Waals surface area contributed by atoms with Crippen molar-refractivity contribution >= 4 is 34.8 Å². The predicted molar refractivity (Wildman–Crippen MR) is 109 cm³/mol. The van der Waals surface area contributed by atoms with E-state index >= 15 is 0 Å². The van der Waals surface area contributed by atoms with Crippen LogP contribution in [0.2, 0.25) is 5.02 Å². The highest BCUT2D eigenvalue weighted by Crippen LogP contribution is 2.15. The van der Waals surface area contributed by atoms with Crippen molar-refractivity contribution in [3.8, 4) is 0 Å². The average Bonchev–Trinajstić information content (AvgIpc) is 3.10. The lowest BCUT2D eigenvalue weighted by molar-refractivity contribution is -0.147. The Kier molecular flexibility index (Phi) is 6.79. The zero-order valence-electron chi connectivity index (χ0n) is 15.3. The molecule has 0 N–H and O–H groups in total. The molecule has 1 amide bonds. The molecule has 28 heavy (non-hydrogen) atoms. The average molecular weight is 415 g/mol. The van der Waals surface area contributed by atoms with E-state index in [-0.39, 0.29) is 13.0 Å². The monoisotopic (exact) mass is 414 g/mol. The molecule has 1 aromatic heterocycles. The normalized spacial score (nSPS) is 11.4. The molecule has 0 spiro atoms. The molecule has 0 aliphatic rings. The Bertz CT molecular complexity index is 1060. The molecule has 0 atom stereocenters. The van der Waals surface area contributed by atoms with Crippen LogP contribution in [-0.4, -0.2) is 23.1 Å². The summed E-state index contributed by atoms with van der Waals surface area (Å²) in [5.74, 6) is -0.957. The maximum absolute atomic E-state index is 12.1. The first kappa shape index (κ1) is 20.0. The van der Waals surface area contributed by atoms with Crippen LogP contribution in [0.3, 0.4) is 0 Å². The Hall–Kier alpha value is -2.70. The number of esters is 1. The largest absolute Gasteiger partial charge is 0.455 e. The van der Waals surface area contributed by atoms with Crippen LogP contribution in [0, 0.1) is 6.92 Å². The SMILES string of the molecule is Cc1ccccc1CC(=O)OCC(=O)N=c1sccn1Cc1ccccc1Cl. The van der Waals surface area contributed by atoms with Crippen LogP contribution in [0.1, 0.15) is 16.7 Å². The summed E-state index contributed by atoms with van der Waals surface area (Å²) in [7, 11) is 0. The highest BCUT2D eigenvalue weighted by molar-refractivity contribution is 7.07. The molecule has 0 unspecified atom stereocenters. The fraction of sp³-hybridized carbons (Fsp3) is 0.190. The minimum absolute atomic E-state index is 0.130. The molecular weight excluding hydrogens is 396 g/mol. The van der Waals surface area contributed by atoms with Gasteiger partial charge in [-0.05, 0) is 29.7 Å². The lowest BCUT2D eigenvalue weighted by atomic mass is 10.1. The standard InChI is InChI=1S/C21H19ClN2O3S/c1-15-6-2-3-7-16(15)12-20(26)27-14-19(25)23-21-24(10-11-28-21)13-17-8-4-5-9-18(17)22/h2-11H,12-14H2,1H3. The van der Waals surface area contributed by atoms with Gasteiger partial charge in [-0.1, -0.05) is 54.1 Å². The Labute approximate surface area is 171 Å². The second kappa shape index (κ2) is 9.48. The van der Waals surface area contributed by atoms with Gasteiger partial charge in [0, 0.05) is 16.6 Å². The van der Waals surface area contributed by atoms with E-state index < -0.39 is 11.9 Å². The van der Waals surface area contributed by atoms with Crippen LogP contribution >= 0.6 is 22.9 Å². The Morgan fingerprint density at radius 3 is 2.57 bits per heavy atom. The number of carbonyl (C=O) groups is 2. The first-order chi connectivity index (χ1) is 13.5. The summed E-state index contributed by atoms with van der Waals surface area (Å²) in [5, 5.41) is 2.50. The molecule has 0 aliphatic heterocycles. The third-order valence-electron chi connectivity index (χ3n) is 4.13. The smallest absolute Gasteiger partial charge is 0.310 e. The quantitative estimate of drug-likeness (QED) is 0.577. The van der Waals surface area contributed by atoms with E-state index in [0.29, 0.717) is 16.4 Å². The van der Waals surface area contributed by atoms with E-state index in [9.17, 15) is 9.59 Å². The minimum atomic E-state index is -0.506. The molecule has 7 heteroatoms. The molecule has 2 aromatic carbocycles. The van der Waals surface area contributed by atoms with Crippen LogP contribution in [0.15, 0.2) is 65.1 Å². The van der Waals surface area contributed by atoms with Gasteiger partial charge in [-0.3, -0.25) is 9.59 Å². The van der Waals surface area contributed by atoms with Crippen LogP contribution < -0.4 is 4.80 Å². The molecule has 144 valence electrons. The molecule has 0 aliphatic carbocycles. The summed E-state index contributed by atoms with van der Waals surface area (Å²) in [6.45, 7) is 2.05. The zero-order valence-corrected chi connectivity index (χ0v) is 16.9. The summed E-state index contributed by atoms with van der Waals surface area (Å²) < 4.78 is 6.91. The van der Waals surface area contributed by atoms with E-state index in [4.69, 9.17) is 16.3 Å². The first-order valence-electron chi connectivity index (χ1n) is 8.68. The number of carbonyl (C=O) groups excluding carboxylic acids is 2. The van der Waals surface area contributed by atoms with Gasteiger partial charge in [-0.25, -0.2) is 0 Å². The third kappa shape index (κ3) is 5.41. The third-order valence-corrected chi connectivity index (χ3v) is 5.29. The number of aromatic nitrogens is 1. The molecule has 0 saturated heterocycles. The van der Waals surface area contributed by atoms with Gasteiger partial charge in [-0.15, -0.1) is 11.3 Å². The zero-order chi connectivity index (χ0) is 19.9. The summed E-state index contributed by atoms with van der Waals surface area (Å²) in [5.41, 5.74) is 2.82. The van der Waals surface area contributed by atoms with Crippen LogP contribution in [0.4, 0.5) is 0 Å². The minimum Gasteiger partial charge on any atom is -0.455 e. The van der Waals surface area contributed by atoms with Crippen molar-refractivity contribution in [2.24, 2.45) is 4.99 Å². The van der Waals surface area contributed by atoms with Crippen LogP contribution in [0.25, 0.3) is 0 Å². The van der Waals surface area contributed by atoms with Gasteiger partial charge in [0.15, 0.2) is 11.4 Å². The number of thiazole rings is 1. The number of rotatable bonds is 6. The number of amides is 1. The summed E-state index contributed by atoms with van der Waals surface area (Å²) in [4.78, 5) is 28.7. The van der Waals surface area contributed by atoms with Crippen LogP contribution in [-0.2, 0) is 27.3 Å². The molecule has 0 fully saturated rings. The number of hydrogen-bond donors (Lipinski definition) is 0. The van der Waals surface area contributed by atoms with Gasteiger partial charge in [-0.2, -0.15) is 4.99 Å². The number of ether oxygens (including phenoxy) is 1. The number of hydrogen-bond acceptors (Lipinski definition) is 4. The van der Waals surface area contributed by atoms with Gasteiger partial charge in [0.1, 0.15) is 0 Å². The number of halogens is 1. The topological polar surface area (TPSA) is 60.7 Å². The molecule has 0 saturated carbocycles. The first-order valence-corrected chi connectivity index (χ1v) is 9.93. The molecule has 3 aromatic rings. The highest BCUT2D eigenvalue weighted by atomic mass is 35.5. The van der Waals surface area contributed by atoms with Gasteiger partial charge >= 0.3 is 5.97 Å². The van der Waals surface area contributed by atoms with Gasteiger partial charge in [0.2, 0.25) is 0 Å². The summed E-state index contributed by atoms with van der Waals surface area (Å²) in [6, 6.07) is 15.1. The van der Waals surface area contributed by atoms with Crippen molar-refractivity contribution in [3.05, 3.63) is 86.6 Å². The Morgan fingerprint density at radius 1 is 1.11 bits per heavy atom. The second-order valence-electron chi connectivity index (χ2n) is 6.17. The maximum Gasteiger partial charge on any atom is 0.310 e.